The molecule has 3 aliphatic heterocycles. The van der Waals surface area contributed by atoms with Gasteiger partial charge in [0, 0.05) is 39.3 Å². The topological polar surface area (TPSA) is 9.72 Å². The zero-order chi connectivity index (χ0) is 18.4. The van der Waals surface area contributed by atoms with Crippen molar-refractivity contribution in [2.45, 2.75) is 77.4 Å². The molecule has 0 spiro atoms. The third-order valence-electron chi connectivity index (χ3n) is 4.64. The summed E-state index contributed by atoms with van der Waals surface area (Å²) in [5.41, 5.74) is 0. The molecule has 0 radical (unpaired) electrons. The normalized spacial score (nSPS) is 26.6. The second-order valence-corrected chi connectivity index (χ2v) is 16.4. The molecule has 0 aromatic rings. The van der Waals surface area contributed by atoms with Crippen molar-refractivity contribution in [3.05, 3.63) is 0 Å². The van der Waals surface area contributed by atoms with Gasteiger partial charge in [0.05, 0.1) is 0 Å². The van der Waals surface area contributed by atoms with E-state index in [9.17, 15) is 8.22 Å². The summed E-state index contributed by atoms with van der Waals surface area (Å²) in [6.45, 7) is 11.1. The van der Waals surface area contributed by atoms with Gasteiger partial charge in [0.2, 0.25) is 0 Å². The van der Waals surface area contributed by atoms with E-state index in [1.54, 1.807) is 0 Å². The number of hydrogen-bond acceptors (Lipinski definition) is 3. The fourth-order valence-corrected chi connectivity index (χ4v) is 6.31. The number of hydrogen-bond donors (Lipinski definition) is 0. The molecule has 0 amide bonds. The Bertz CT molecular complexity index is 326. The summed E-state index contributed by atoms with van der Waals surface area (Å²) >= 11 is 0.316. The van der Waals surface area contributed by atoms with Crippen molar-refractivity contribution in [1.82, 2.24) is 12.9 Å². The Labute approximate surface area is 157 Å². The first-order valence-corrected chi connectivity index (χ1v) is 15.2. The molecule has 150 valence electrons. The van der Waals surface area contributed by atoms with Crippen molar-refractivity contribution >= 4 is 19.5 Å². The molecule has 0 aromatic heterocycles. The van der Waals surface area contributed by atoms with Crippen molar-refractivity contribution in [2.75, 3.05) is 39.3 Å². The van der Waals surface area contributed by atoms with Gasteiger partial charge in [-0.1, -0.05) is 32.2 Å². The van der Waals surface area contributed by atoms with Crippen LogP contribution >= 0.6 is 0 Å². The van der Waals surface area contributed by atoms with Gasteiger partial charge in [0.1, 0.15) is 0 Å². The molecule has 0 N–H and O–H groups in total. The average Bonchev–Trinajstić information content (AvgIpc) is 2.56. The number of rotatable bonds is 3. The summed E-state index contributed by atoms with van der Waals surface area (Å²) in [6, 6.07) is 0. The third kappa shape index (κ3) is 9.18. The van der Waals surface area contributed by atoms with Gasteiger partial charge in [0.15, 0.2) is 0 Å². The Kier molecular flexibility index (Phi) is 8.20. The fraction of sp³-hybridized carbons (Fsp3) is 1.00. The predicted molar refractivity (Wildman–Crippen MR) is 109 cm³/mol. The van der Waals surface area contributed by atoms with E-state index in [1.165, 1.54) is 97.1 Å². The van der Waals surface area contributed by atoms with Gasteiger partial charge in [-0.05, 0) is 38.5 Å². The molecule has 0 saturated carbocycles. The second-order valence-electron chi connectivity index (χ2n) is 8.92. The molecule has 3 fully saturated rings. The van der Waals surface area contributed by atoms with Gasteiger partial charge in [-0.3, -0.25) is 0 Å². The van der Waals surface area contributed by atoms with Crippen molar-refractivity contribution in [2.24, 2.45) is 0 Å². The standard InChI is InChI=1S/C15H30N3S.C3H9F2Si/c1-4-10-16(11-5-1)19(17-12-6-2-7-13-17)18-14-8-3-9-15-18;1-6(2,3,4)5/h1-15H2;1-3H3/q+1;-1. The van der Waals surface area contributed by atoms with Gasteiger partial charge in [-0.25, -0.2) is 0 Å². The number of piperidine rings is 3. The molecule has 3 saturated heterocycles. The molecule has 0 unspecified atom stereocenters. The van der Waals surface area contributed by atoms with Crippen LogP contribution in [-0.4, -0.2) is 60.2 Å². The van der Waals surface area contributed by atoms with E-state index in [2.05, 4.69) is 12.9 Å². The molecule has 0 aliphatic carbocycles. The quantitative estimate of drug-likeness (QED) is 0.377. The Hall–Kier alpha value is 0.307. The van der Waals surface area contributed by atoms with Gasteiger partial charge in [-0.2, -0.15) is 0 Å². The van der Waals surface area contributed by atoms with Crippen LogP contribution in [-0.2, 0) is 11.5 Å². The summed E-state index contributed by atoms with van der Waals surface area (Å²) in [6.07, 6.45) is 12.9. The van der Waals surface area contributed by atoms with Gasteiger partial charge < -0.3 is 0 Å². The fourth-order valence-electron chi connectivity index (χ4n) is 3.57. The molecule has 3 heterocycles. The zero-order valence-corrected chi connectivity index (χ0v) is 18.4. The first-order valence-electron chi connectivity index (χ1n) is 10.3. The Morgan fingerprint density at radius 3 is 0.920 bits per heavy atom. The maximum atomic E-state index is 11.9. The van der Waals surface area contributed by atoms with Crippen molar-refractivity contribution < 1.29 is 8.22 Å². The molecule has 0 aromatic carbocycles. The molecule has 3 rings (SSSR count). The molecular weight excluding hydrogens is 356 g/mol. The first-order chi connectivity index (χ1) is 11.7. The van der Waals surface area contributed by atoms with Gasteiger partial charge in [0.25, 0.3) is 11.5 Å². The van der Waals surface area contributed by atoms with E-state index < -0.39 is 8.02 Å². The minimum atomic E-state index is -4.25. The molecule has 25 heavy (non-hydrogen) atoms. The monoisotopic (exact) mass is 395 g/mol. The Morgan fingerprint density at radius 1 is 0.520 bits per heavy atom. The van der Waals surface area contributed by atoms with Gasteiger partial charge >= 0.3 is 35.9 Å². The molecular formula is C18H39F2N3SSi. The van der Waals surface area contributed by atoms with E-state index in [1.807, 2.05) is 0 Å². The van der Waals surface area contributed by atoms with E-state index >= 15 is 0 Å². The number of nitrogens with zero attached hydrogens (tertiary/aromatic N) is 3. The Balaban J connectivity index is 0.000000326. The molecule has 3 aliphatic rings. The van der Waals surface area contributed by atoms with Crippen molar-refractivity contribution in [1.29, 1.82) is 0 Å². The van der Waals surface area contributed by atoms with Crippen LogP contribution in [0.2, 0.25) is 19.6 Å². The van der Waals surface area contributed by atoms with Crippen LogP contribution in [0.15, 0.2) is 0 Å². The summed E-state index contributed by atoms with van der Waals surface area (Å²) in [7, 11) is -4.25. The van der Waals surface area contributed by atoms with Crippen LogP contribution in [0.5, 0.6) is 0 Å². The van der Waals surface area contributed by atoms with E-state index in [0.717, 1.165) is 19.6 Å². The van der Waals surface area contributed by atoms with Crippen LogP contribution in [0.4, 0.5) is 8.22 Å². The van der Waals surface area contributed by atoms with Crippen LogP contribution in [0.25, 0.3) is 0 Å². The molecule has 0 atom stereocenters. The summed E-state index contributed by atoms with van der Waals surface area (Å²) in [5, 5.41) is 0. The van der Waals surface area contributed by atoms with E-state index in [-0.39, 0.29) is 0 Å². The zero-order valence-electron chi connectivity index (χ0n) is 16.6. The average molecular weight is 396 g/mol. The Morgan fingerprint density at radius 2 is 0.720 bits per heavy atom. The molecule has 3 nitrogen and oxygen atoms in total. The SMILES string of the molecule is C1CCN([S+](N2CCCCC2)N2CCCCC2)CC1.C[Si-](C)(C)(F)F. The van der Waals surface area contributed by atoms with Crippen LogP contribution in [0.1, 0.15) is 57.8 Å². The van der Waals surface area contributed by atoms with Gasteiger partial charge in [-0.15, -0.1) is 0 Å². The number of halogens is 2. The van der Waals surface area contributed by atoms with Crippen molar-refractivity contribution in [3.63, 3.8) is 0 Å². The molecule has 7 heteroatoms. The third-order valence-corrected chi connectivity index (χ3v) is 7.12. The maximum absolute atomic E-state index is 11.9. The van der Waals surface area contributed by atoms with Crippen molar-refractivity contribution in [3.8, 4) is 0 Å². The second kappa shape index (κ2) is 9.49. The van der Waals surface area contributed by atoms with E-state index in [0.29, 0.717) is 11.5 Å². The summed E-state index contributed by atoms with van der Waals surface area (Å²) in [5.74, 6) is 0. The molecule has 0 bridgehead atoms. The van der Waals surface area contributed by atoms with Crippen LogP contribution in [0.3, 0.4) is 0 Å². The van der Waals surface area contributed by atoms with E-state index in [4.69, 9.17) is 0 Å². The summed E-state index contributed by atoms with van der Waals surface area (Å²) in [4.78, 5) is 0. The minimum absolute atomic E-state index is 0.316. The van der Waals surface area contributed by atoms with Crippen LogP contribution in [0, 0.1) is 0 Å². The summed E-state index contributed by atoms with van der Waals surface area (Å²) < 4.78 is 32.2. The van der Waals surface area contributed by atoms with Crippen LogP contribution < -0.4 is 0 Å². The first kappa shape index (κ1) is 21.6. The predicted octanol–water partition coefficient (Wildman–Crippen LogP) is 5.02.